The van der Waals surface area contributed by atoms with Crippen molar-refractivity contribution in [3.05, 3.63) is 29.8 Å². The third-order valence-electron chi connectivity index (χ3n) is 3.65. The third kappa shape index (κ3) is 6.11. The lowest BCUT2D eigenvalue weighted by molar-refractivity contribution is 0.325. The van der Waals surface area contributed by atoms with Crippen LogP contribution in [0.5, 0.6) is 5.75 Å². The Balaban J connectivity index is 0.00000220. The molecule has 0 atom stereocenters. The number of guanidine groups is 1. The molecule has 0 bridgehead atoms. The van der Waals surface area contributed by atoms with E-state index in [0.717, 1.165) is 24.4 Å². The molecule has 21 heavy (non-hydrogen) atoms. The predicted octanol–water partition coefficient (Wildman–Crippen LogP) is 3.18. The Morgan fingerprint density at radius 2 is 1.86 bits per heavy atom. The lowest BCUT2D eigenvalue weighted by Gasteiger charge is -2.21. The van der Waals surface area contributed by atoms with Crippen LogP contribution >= 0.6 is 24.0 Å². The van der Waals surface area contributed by atoms with E-state index in [1.165, 1.54) is 25.7 Å². The van der Waals surface area contributed by atoms with Gasteiger partial charge in [0.25, 0.3) is 0 Å². The Bertz CT molecular complexity index is 443. The van der Waals surface area contributed by atoms with Crippen LogP contribution in [-0.4, -0.2) is 37.1 Å². The van der Waals surface area contributed by atoms with Gasteiger partial charge in [-0.15, -0.1) is 24.0 Å². The molecule has 1 aromatic rings. The molecule has 2 rings (SSSR count). The molecule has 5 heteroatoms. The second-order valence-corrected chi connectivity index (χ2v) is 5.26. The van der Waals surface area contributed by atoms with Crippen molar-refractivity contribution < 1.29 is 4.74 Å². The minimum absolute atomic E-state index is 0. The first kappa shape index (κ1) is 18.1. The molecule has 118 valence electrons. The van der Waals surface area contributed by atoms with Gasteiger partial charge in [0.05, 0.1) is 6.54 Å². The zero-order valence-corrected chi connectivity index (χ0v) is 15.1. The second-order valence-electron chi connectivity index (χ2n) is 5.26. The first-order valence-corrected chi connectivity index (χ1v) is 7.50. The SMILES string of the molecule is Cc1ccccc1OCCN=C(N)N1CCCCCC1.I. The minimum Gasteiger partial charge on any atom is -0.491 e. The van der Waals surface area contributed by atoms with E-state index < -0.39 is 0 Å². The van der Waals surface area contributed by atoms with Crippen molar-refractivity contribution in [2.75, 3.05) is 26.2 Å². The number of nitrogens with two attached hydrogens (primary N) is 1. The predicted molar refractivity (Wildman–Crippen MR) is 98.6 cm³/mol. The van der Waals surface area contributed by atoms with E-state index in [0.29, 0.717) is 19.1 Å². The lowest BCUT2D eigenvalue weighted by Crippen LogP contribution is -2.38. The number of ether oxygens (including phenoxy) is 1. The van der Waals surface area contributed by atoms with Crippen molar-refractivity contribution in [2.24, 2.45) is 10.7 Å². The molecule has 0 aliphatic carbocycles. The summed E-state index contributed by atoms with van der Waals surface area (Å²) < 4.78 is 5.72. The highest BCUT2D eigenvalue weighted by molar-refractivity contribution is 14.0. The van der Waals surface area contributed by atoms with Crippen molar-refractivity contribution in [1.82, 2.24) is 4.90 Å². The molecule has 4 nitrogen and oxygen atoms in total. The van der Waals surface area contributed by atoms with Gasteiger partial charge >= 0.3 is 0 Å². The summed E-state index contributed by atoms with van der Waals surface area (Å²) in [7, 11) is 0. The van der Waals surface area contributed by atoms with E-state index in [4.69, 9.17) is 10.5 Å². The maximum absolute atomic E-state index is 6.05. The molecular formula is C16H26IN3O. The molecule has 1 fully saturated rings. The Kier molecular flexibility index (Phi) is 8.49. The standard InChI is InChI=1S/C16H25N3O.HI/c1-14-8-4-5-9-15(14)20-13-10-18-16(17)19-11-6-2-3-7-12-19;/h4-5,8-9H,2-3,6-7,10-13H2,1H3,(H2,17,18);1H. The fraction of sp³-hybridized carbons (Fsp3) is 0.562. The molecule has 0 spiro atoms. The van der Waals surface area contributed by atoms with Crippen molar-refractivity contribution >= 4 is 29.9 Å². The number of hydrogen-bond donors (Lipinski definition) is 1. The van der Waals surface area contributed by atoms with E-state index >= 15 is 0 Å². The Morgan fingerprint density at radius 3 is 2.52 bits per heavy atom. The van der Waals surface area contributed by atoms with E-state index in [9.17, 15) is 0 Å². The molecule has 1 aliphatic rings. The lowest BCUT2D eigenvalue weighted by atomic mass is 10.2. The van der Waals surface area contributed by atoms with E-state index in [1.54, 1.807) is 0 Å². The van der Waals surface area contributed by atoms with Crippen LogP contribution in [0, 0.1) is 6.92 Å². The zero-order chi connectivity index (χ0) is 14.2. The largest absolute Gasteiger partial charge is 0.491 e. The summed E-state index contributed by atoms with van der Waals surface area (Å²) in [5, 5.41) is 0. The van der Waals surface area contributed by atoms with Crippen LogP contribution < -0.4 is 10.5 Å². The van der Waals surface area contributed by atoms with E-state index in [-0.39, 0.29) is 24.0 Å². The van der Waals surface area contributed by atoms with Crippen LogP contribution in [-0.2, 0) is 0 Å². The van der Waals surface area contributed by atoms with Gasteiger partial charge in [-0.25, -0.2) is 4.99 Å². The normalized spacial score (nSPS) is 16.0. The Labute approximate surface area is 144 Å². The molecule has 0 radical (unpaired) electrons. The van der Waals surface area contributed by atoms with Gasteiger partial charge < -0.3 is 15.4 Å². The molecule has 0 saturated carbocycles. The van der Waals surface area contributed by atoms with Gasteiger partial charge in [0.1, 0.15) is 12.4 Å². The molecular weight excluding hydrogens is 377 g/mol. The van der Waals surface area contributed by atoms with Gasteiger partial charge in [0, 0.05) is 13.1 Å². The number of hydrogen-bond acceptors (Lipinski definition) is 2. The molecule has 1 aliphatic heterocycles. The van der Waals surface area contributed by atoms with Gasteiger partial charge in [-0.05, 0) is 31.4 Å². The summed E-state index contributed by atoms with van der Waals surface area (Å²) in [6.45, 7) is 5.29. The molecule has 0 unspecified atom stereocenters. The number of halogens is 1. The number of likely N-dealkylation sites (tertiary alicyclic amines) is 1. The Morgan fingerprint density at radius 1 is 1.19 bits per heavy atom. The highest BCUT2D eigenvalue weighted by Gasteiger charge is 2.10. The number of nitrogens with zero attached hydrogens (tertiary/aromatic N) is 2. The van der Waals surface area contributed by atoms with Crippen molar-refractivity contribution in [3.8, 4) is 5.75 Å². The number of para-hydroxylation sites is 1. The van der Waals surface area contributed by atoms with Crippen LogP contribution in [0.15, 0.2) is 29.3 Å². The fourth-order valence-electron chi connectivity index (χ4n) is 2.43. The van der Waals surface area contributed by atoms with E-state index in [2.05, 4.69) is 9.89 Å². The smallest absolute Gasteiger partial charge is 0.191 e. The van der Waals surface area contributed by atoms with Crippen LogP contribution in [0.1, 0.15) is 31.2 Å². The summed E-state index contributed by atoms with van der Waals surface area (Å²) in [5.41, 5.74) is 7.20. The maximum Gasteiger partial charge on any atom is 0.191 e. The van der Waals surface area contributed by atoms with Crippen LogP contribution in [0.2, 0.25) is 0 Å². The average Bonchev–Trinajstić information content (AvgIpc) is 2.74. The number of benzene rings is 1. The average molecular weight is 403 g/mol. The number of rotatable bonds is 4. The van der Waals surface area contributed by atoms with Crippen LogP contribution in [0.25, 0.3) is 0 Å². The molecule has 1 saturated heterocycles. The van der Waals surface area contributed by atoms with Gasteiger partial charge in [0.2, 0.25) is 0 Å². The van der Waals surface area contributed by atoms with Crippen LogP contribution in [0.3, 0.4) is 0 Å². The number of aliphatic imine (C=N–C) groups is 1. The van der Waals surface area contributed by atoms with E-state index in [1.807, 2.05) is 31.2 Å². The first-order valence-electron chi connectivity index (χ1n) is 7.50. The third-order valence-corrected chi connectivity index (χ3v) is 3.65. The van der Waals surface area contributed by atoms with Crippen LogP contribution in [0.4, 0.5) is 0 Å². The van der Waals surface area contributed by atoms with Crippen molar-refractivity contribution in [2.45, 2.75) is 32.6 Å². The zero-order valence-electron chi connectivity index (χ0n) is 12.8. The topological polar surface area (TPSA) is 50.9 Å². The van der Waals surface area contributed by atoms with Gasteiger partial charge in [0.15, 0.2) is 5.96 Å². The molecule has 1 heterocycles. The summed E-state index contributed by atoms with van der Waals surface area (Å²) >= 11 is 0. The fourth-order valence-corrected chi connectivity index (χ4v) is 2.43. The highest BCUT2D eigenvalue weighted by Crippen LogP contribution is 2.15. The van der Waals surface area contributed by atoms with Gasteiger partial charge in [-0.2, -0.15) is 0 Å². The summed E-state index contributed by atoms with van der Waals surface area (Å²) in [6.07, 6.45) is 5.05. The first-order chi connectivity index (χ1) is 9.77. The number of aryl methyl sites for hydroxylation is 1. The Hall–Kier alpha value is -0.980. The van der Waals surface area contributed by atoms with Gasteiger partial charge in [-0.1, -0.05) is 31.0 Å². The van der Waals surface area contributed by atoms with Gasteiger partial charge in [-0.3, -0.25) is 0 Å². The quantitative estimate of drug-likeness (QED) is 0.364. The van der Waals surface area contributed by atoms with Crippen molar-refractivity contribution in [1.29, 1.82) is 0 Å². The second kappa shape index (κ2) is 9.87. The minimum atomic E-state index is 0. The summed E-state index contributed by atoms with van der Waals surface area (Å²) in [4.78, 5) is 6.62. The molecule has 0 aromatic heterocycles. The molecule has 2 N–H and O–H groups in total. The molecule has 1 aromatic carbocycles. The van der Waals surface area contributed by atoms with Crippen molar-refractivity contribution in [3.63, 3.8) is 0 Å². The summed E-state index contributed by atoms with van der Waals surface area (Å²) in [6, 6.07) is 8.02. The highest BCUT2D eigenvalue weighted by atomic mass is 127. The maximum atomic E-state index is 6.05. The monoisotopic (exact) mass is 403 g/mol. The molecule has 0 amide bonds. The summed E-state index contributed by atoms with van der Waals surface area (Å²) in [5.74, 6) is 1.59.